The van der Waals surface area contributed by atoms with E-state index in [0.29, 0.717) is 10.4 Å². The SMILES string of the molecule is CCCNc1ncc(Br)c(Oc2ccccc2[N+](=O)[O-])n1. The molecule has 7 nitrogen and oxygen atoms in total. The number of rotatable bonds is 6. The zero-order valence-electron chi connectivity index (χ0n) is 11.2. The van der Waals surface area contributed by atoms with Crippen molar-refractivity contribution in [3.05, 3.63) is 45.0 Å². The molecule has 0 aliphatic carbocycles. The van der Waals surface area contributed by atoms with Gasteiger partial charge in [0.2, 0.25) is 17.6 Å². The van der Waals surface area contributed by atoms with E-state index in [9.17, 15) is 10.1 Å². The third-order valence-electron chi connectivity index (χ3n) is 2.51. The van der Waals surface area contributed by atoms with Gasteiger partial charge in [0.1, 0.15) is 0 Å². The summed E-state index contributed by atoms with van der Waals surface area (Å²) in [6.07, 6.45) is 2.47. The molecule has 0 amide bonds. The van der Waals surface area contributed by atoms with Crippen LogP contribution in [0.25, 0.3) is 0 Å². The van der Waals surface area contributed by atoms with Gasteiger partial charge in [0.05, 0.1) is 15.6 Å². The van der Waals surface area contributed by atoms with Gasteiger partial charge in [-0.05, 0) is 28.4 Å². The number of anilines is 1. The molecule has 2 rings (SSSR count). The van der Waals surface area contributed by atoms with Crippen molar-refractivity contribution >= 4 is 27.6 Å². The zero-order chi connectivity index (χ0) is 15.2. The molecule has 2 aromatic rings. The number of benzene rings is 1. The van der Waals surface area contributed by atoms with E-state index in [4.69, 9.17) is 4.74 Å². The molecule has 1 N–H and O–H groups in total. The van der Waals surface area contributed by atoms with E-state index in [1.54, 1.807) is 12.1 Å². The summed E-state index contributed by atoms with van der Waals surface area (Å²) in [7, 11) is 0. The van der Waals surface area contributed by atoms with Gasteiger partial charge in [-0.25, -0.2) is 4.98 Å². The van der Waals surface area contributed by atoms with Gasteiger partial charge in [-0.1, -0.05) is 19.1 Å². The van der Waals surface area contributed by atoms with Gasteiger partial charge in [0.15, 0.2) is 0 Å². The minimum Gasteiger partial charge on any atom is -0.430 e. The van der Waals surface area contributed by atoms with Crippen molar-refractivity contribution in [1.29, 1.82) is 0 Å². The number of hydrogen-bond donors (Lipinski definition) is 1. The molecule has 0 aliphatic rings. The Morgan fingerprint density at radius 2 is 2.19 bits per heavy atom. The topological polar surface area (TPSA) is 90.2 Å². The summed E-state index contributed by atoms with van der Waals surface area (Å²) in [6, 6.07) is 6.13. The predicted octanol–water partition coefficient (Wildman–Crippen LogP) is 3.76. The monoisotopic (exact) mass is 352 g/mol. The lowest BCUT2D eigenvalue weighted by Gasteiger charge is -2.09. The fraction of sp³-hybridized carbons (Fsp3) is 0.231. The van der Waals surface area contributed by atoms with Crippen LogP contribution in [0.1, 0.15) is 13.3 Å². The average Bonchev–Trinajstić information content (AvgIpc) is 2.48. The Labute approximate surface area is 129 Å². The van der Waals surface area contributed by atoms with Crippen molar-refractivity contribution in [3.8, 4) is 11.6 Å². The van der Waals surface area contributed by atoms with Crippen LogP contribution in [0, 0.1) is 10.1 Å². The van der Waals surface area contributed by atoms with E-state index in [1.807, 2.05) is 6.92 Å². The van der Waals surface area contributed by atoms with Gasteiger partial charge < -0.3 is 10.1 Å². The van der Waals surface area contributed by atoms with Crippen molar-refractivity contribution < 1.29 is 9.66 Å². The third-order valence-corrected chi connectivity index (χ3v) is 3.06. The highest BCUT2D eigenvalue weighted by molar-refractivity contribution is 9.10. The van der Waals surface area contributed by atoms with Gasteiger partial charge >= 0.3 is 5.69 Å². The molecule has 1 heterocycles. The summed E-state index contributed by atoms with van der Waals surface area (Å²) in [6.45, 7) is 2.75. The van der Waals surface area contributed by atoms with Crippen LogP contribution in [-0.4, -0.2) is 21.4 Å². The van der Waals surface area contributed by atoms with E-state index < -0.39 is 4.92 Å². The molecule has 21 heavy (non-hydrogen) atoms. The number of nitro groups is 1. The van der Waals surface area contributed by atoms with Gasteiger partial charge in [-0.15, -0.1) is 0 Å². The minimum atomic E-state index is -0.499. The number of nitrogens with one attached hydrogen (secondary N) is 1. The summed E-state index contributed by atoms with van der Waals surface area (Å²) in [5, 5.41) is 14.0. The van der Waals surface area contributed by atoms with Gasteiger partial charge in [-0.2, -0.15) is 4.98 Å². The Bertz CT molecular complexity index is 651. The van der Waals surface area contributed by atoms with Crippen LogP contribution < -0.4 is 10.1 Å². The second kappa shape index (κ2) is 6.98. The Balaban J connectivity index is 2.29. The zero-order valence-corrected chi connectivity index (χ0v) is 12.8. The molecule has 0 aliphatic heterocycles. The molecule has 0 bridgehead atoms. The number of aromatic nitrogens is 2. The van der Waals surface area contributed by atoms with E-state index in [2.05, 4.69) is 31.2 Å². The van der Waals surface area contributed by atoms with Crippen LogP contribution >= 0.6 is 15.9 Å². The standard InChI is InChI=1S/C13H13BrN4O3/c1-2-7-15-13-16-8-9(14)12(17-13)21-11-6-4-3-5-10(11)18(19)20/h3-6,8H,2,7H2,1H3,(H,15,16,17). The number of para-hydroxylation sites is 2. The lowest BCUT2D eigenvalue weighted by molar-refractivity contribution is -0.385. The maximum absolute atomic E-state index is 11.0. The average molecular weight is 353 g/mol. The smallest absolute Gasteiger partial charge is 0.311 e. The summed E-state index contributed by atoms with van der Waals surface area (Å²) in [4.78, 5) is 18.8. The fourth-order valence-electron chi connectivity index (χ4n) is 1.54. The molecule has 8 heteroatoms. The number of halogens is 1. The maximum Gasteiger partial charge on any atom is 0.311 e. The van der Waals surface area contributed by atoms with E-state index in [0.717, 1.165) is 13.0 Å². The van der Waals surface area contributed by atoms with Crippen molar-refractivity contribution in [2.45, 2.75) is 13.3 Å². The van der Waals surface area contributed by atoms with E-state index in [1.165, 1.54) is 18.3 Å². The minimum absolute atomic E-state index is 0.119. The molecule has 0 saturated carbocycles. The third kappa shape index (κ3) is 3.88. The van der Waals surface area contributed by atoms with Gasteiger partial charge in [0.25, 0.3) is 0 Å². The number of nitrogens with zero attached hydrogens (tertiary/aromatic N) is 3. The quantitative estimate of drug-likeness (QED) is 0.628. The second-order valence-corrected chi connectivity index (χ2v) is 4.95. The van der Waals surface area contributed by atoms with Crippen LogP contribution in [0.2, 0.25) is 0 Å². The van der Waals surface area contributed by atoms with Crippen LogP contribution in [0.5, 0.6) is 11.6 Å². The van der Waals surface area contributed by atoms with Crippen molar-refractivity contribution in [2.24, 2.45) is 0 Å². The molecule has 0 radical (unpaired) electrons. The first-order valence-corrected chi connectivity index (χ1v) is 7.08. The van der Waals surface area contributed by atoms with Crippen LogP contribution in [0.4, 0.5) is 11.6 Å². The molecular formula is C13H13BrN4O3. The van der Waals surface area contributed by atoms with Crippen molar-refractivity contribution in [1.82, 2.24) is 9.97 Å². The molecule has 0 atom stereocenters. The molecule has 0 saturated heterocycles. The first-order valence-electron chi connectivity index (χ1n) is 6.29. The van der Waals surface area contributed by atoms with Gasteiger partial charge in [-0.3, -0.25) is 10.1 Å². The molecule has 1 aromatic carbocycles. The lowest BCUT2D eigenvalue weighted by Crippen LogP contribution is -2.05. The maximum atomic E-state index is 11.0. The lowest BCUT2D eigenvalue weighted by atomic mass is 10.3. The Hall–Kier alpha value is -2.22. The van der Waals surface area contributed by atoms with Crippen molar-refractivity contribution in [3.63, 3.8) is 0 Å². The Kier molecular flexibility index (Phi) is 5.04. The van der Waals surface area contributed by atoms with Gasteiger partial charge in [0, 0.05) is 12.6 Å². The Morgan fingerprint density at radius 3 is 2.90 bits per heavy atom. The number of nitro benzene ring substituents is 1. The largest absolute Gasteiger partial charge is 0.430 e. The molecular weight excluding hydrogens is 340 g/mol. The van der Waals surface area contributed by atoms with Crippen LogP contribution in [0.3, 0.4) is 0 Å². The summed E-state index contributed by atoms with van der Waals surface area (Å²) in [5.74, 6) is 0.759. The molecule has 1 aromatic heterocycles. The summed E-state index contributed by atoms with van der Waals surface area (Å²) < 4.78 is 6.06. The molecule has 110 valence electrons. The number of ether oxygens (including phenoxy) is 1. The highest BCUT2D eigenvalue weighted by Crippen LogP contribution is 2.33. The predicted molar refractivity (Wildman–Crippen MR) is 81.7 cm³/mol. The van der Waals surface area contributed by atoms with Crippen molar-refractivity contribution in [2.75, 3.05) is 11.9 Å². The summed E-state index contributed by atoms with van der Waals surface area (Å²) in [5.41, 5.74) is -0.119. The highest BCUT2D eigenvalue weighted by atomic mass is 79.9. The second-order valence-electron chi connectivity index (χ2n) is 4.10. The van der Waals surface area contributed by atoms with Crippen LogP contribution in [0.15, 0.2) is 34.9 Å². The first kappa shape index (κ1) is 15.2. The normalized spacial score (nSPS) is 10.2. The number of hydrogen-bond acceptors (Lipinski definition) is 6. The van der Waals surface area contributed by atoms with E-state index >= 15 is 0 Å². The van der Waals surface area contributed by atoms with Crippen LogP contribution in [-0.2, 0) is 0 Å². The molecule has 0 unspecified atom stereocenters. The molecule has 0 spiro atoms. The molecule has 0 fully saturated rings. The first-order chi connectivity index (χ1) is 10.1. The fourth-order valence-corrected chi connectivity index (χ4v) is 1.82. The highest BCUT2D eigenvalue weighted by Gasteiger charge is 2.17. The Morgan fingerprint density at radius 1 is 1.43 bits per heavy atom. The van der Waals surface area contributed by atoms with E-state index in [-0.39, 0.29) is 17.3 Å². The summed E-state index contributed by atoms with van der Waals surface area (Å²) >= 11 is 3.27.